The lowest BCUT2D eigenvalue weighted by Gasteiger charge is -2.39. The first-order valence-electron chi connectivity index (χ1n) is 8.61. The van der Waals surface area contributed by atoms with E-state index in [9.17, 15) is 4.79 Å². The van der Waals surface area contributed by atoms with E-state index >= 15 is 0 Å². The molecule has 0 aromatic carbocycles. The molecule has 1 amide bonds. The zero-order valence-electron chi connectivity index (χ0n) is 15.6. The highest BCUT2D eigenvalue weighted by Gasteiger charge is 2.33. The number of aryl methyl sites for hydroxylation is 2. The molecule has 2 atom stereocenters. The van der Waals surface area contributed by atoms with Gasteiger partial charge in [0.15, 0.2) is 0 Å². The second-order valence-corrected chi connectivity index (χ2v) is 6.39. The van der Waals surface area contributed by atoms with Crippen LogP contribution in [0.3, 0.4) is 0 Å². The Morgan fingerprint density at radius 3 is 2.88 bits per heavy atom. The maximum Gasteiger partial charge on any atom is 0.270 e. The minimum Gasteiger partial charge on any atom is -0.373 e. The van der Waals surface area contributed by atoms with Crippen LogP contribution in [-0.2, 0) is 11.8 Å². The average Bonchev–Trinajstić information content (AvgIpc) is 3.04. The lowest BCUT2D eigenvalue weighted by atomic mass is 10.0. The first-order chi connectivity index (χ1) is 12.5. The largest absolute Gasteiger partial charge is 0.373 e. The molecule has 3 rings (SSSR count). The van der Waals surface area contributed by atoms with Crippen LogP contribution in [0.1, 0.15) is 27.9 Å². The van der Waals surface area contributed by atoms with E-state index in [1.54, 1.807) is 19.3 Å². The van der Waals surface area contributed by atoms with Gasteiger partial charge in [-0.3, -0.25) is 14.4 Å². The van der Waals surface area contributed by atoms with Crippen LogP contribution < -0.4 is 10.6 Å². The highest BCUT2D eigenvalue weighted by atomic mass is 16.5. The van der Waals surface area contributed by atoms with Gasteiger partial charge in [-0.15, -0.1) is 0 Å². The van der Waals surface area contributed by atoms with Crippen molar-refractivity contribution in [3.63, 3.8) is 0 Å². The Morgan fingerprint density at radius 1 is 1.38 bits per heavy atom. The number of rotatable bonds is 5. The lowest BCUT2D eigenvalue weighted by Crippen LogP contribution is -2.49. The molecular formula is C17H25N7O2. The van der Waals surface area contributed by atoms with Crippen LogP contribution in [-0.4, -0.2) is 70.5 Å². The summed E-state index contributed by atoms with van der Waals surface area (Å²) >= 11 is 0. The van der Waals surface area contributed by atoms with Gasteiger partial charge < -0.3 is 15.4 Å². The van der Waals surface area contributed by atoms with Gasteiger partial charge >= 0.3 is 0 Å². The van der Waals surface area contributed by atoms with E-state index in [4.69, 9.17) is 4.74 Å². The maximum absolute atomic E-state index is 12.5. The van der Waals surface area contributed by atoms with Crippen LogP contribution in [0.5, 0.6) is 0 Å². The van der Waals surface area contributed by atoms with Crippen LogP contribution in [0, 0.1) is 6.92 Å². The van der Waals surface area contributed by atoms with E-state index in [1.807, 2.05) is 24.7 Å². The van der Waals surface area contributed by atoms with Crippen LogP contribution in [0.15, 0.2) is 18.3 Å². The predicted molar refractivity (Wildman–Crippen MR) is 97.0 cm³/mol. The Labute approximate surface area is 152 Å². The summed E-state index contributed by atoms with van der Waals surface area (Å²) in [7, 11) is 5.69. The van der Waals surface area contributed by atoms with Crippen LogP contribution in [0.2, 0.25) is 0 Å². The number of carbonyl (C=O) groups excluding carboxylic acids is 1. The number of nitrogens with zero attached hydrogens (tertiary/aromatic N) is 5. The van der Waals surface area contributed by atoms with Crippen LogP contribution in [0.25, 0.3) is 0 Å². The molecular weight excluding hydrogens is 334 g/mol. The molecule has 1 aliphatic rings. The van der Waals surface area contributed by atoms with Crippen molar-refractivity contribution in [2.45, 2.75) is 19.1 Å². The van der Waals surface area contributed by atoms with Crippen molar-refractivity contribution in [2.24, 2.45) is 7.05 Å². The Balaban J connectivity index is 1.72. The molecule has 2 aromatic heterocycles. The third kappa shape index (κ3) is 3.83. The number of hydrogen-bond donors (Lipinski definition) is 2. The Hall–Kier alpha value is -2.52. The van der Waals surface area contributed by atoms with Crippen molar-refractivity contribution >= 4 is 11.9 Å². The fourth-order valence-electron chi connectivity index (χ4n) is 3.20. The standard InChI is InChI=1S/C17H25N7O2/c1-11-9-12(22-17(18-2)21-11)16(25)19-10-14-15(23(3)7-8-26-14)13-5-6-20-24(13)4/h5-6,9,14-15H,7-8,10H2,1-4H3,(H,19,25)(H,18,21,22)/t14-,15-/m0/s1. The van der Waals surface area contributed by atoms with Gasteiger partial charge in [-0.25, -0.2) is 9.97 Å². The third-order valence-electron chi connectivity index (χ3n) is 4.54. The van der Waals surface area contributed by atoms with Gasteiger partial charge in [0.05, 0.1) is 24.4 Å². The van der Waals surface area contributed by atoms with E-state index in [1.165, 1.54) is 0 Å². The van der Waals surface area contributed by atoms with E-state index in [0.29, 0.717) is 24.8 Å². The first kappa shape index (κ1) is 18.3. The van der Waals surface area contributed by atoms with E-state index in [2.05, 4.69) is 37.6 Å². The molecule has 0 aliphatic carbocycles. The number of morpholine rings is 1. The second-order valence-electron chi connectivity index (χ2n) is 6.39. The number of likely N-dealkylation sites (N-methyl/N-ethyl adjacent to an activating group) is 1. The minimum atomic E-state index is -0.243. The maximum atomic E-state index is 12.5. The fourth-order valence-corrected chi connectivity index (χ4v) is 3.20. The molecule has 26 heavy (non-hydrogen) atoms. The quantitative estimate of drug-likeness (QED) is 0.796. The third-order valence-corrected chi connectivity index (χ3v) is 4.54. The van der Waals surface area contributed by atoms with Gasteiger partial charge in [0.1, 0.15) is 5.69 Å². The fraction of sp³-hybridized carbons (Fsp3) is 0.529. The number of aromatic nitrogens is 4. The van der Waals surface area contributed by atoms with E-state index < -0.39 is 0 Å². The second kappa shape index (κ2) is 7.79. The summed E-state index contributed by atoms with van der Waals surface area (Å²) in [5, 5.41) is 10.1. The van der Waals surface area contributed by atoms with Gasteiger partial charge in [0, 0.05) is 39.1 Å². The van der Waals surface area contributed by atoms with Crippen molar-refractivity contribution in [2.75, 3.05) is 39.1 Å². The molecule has 3 heterocycles. The molecule has 2 aromatic rings. The monoisotopic (exact) mass is 359 g/mol. The van der Waals surface area contributed by atoms with Crippen molar-refractivity contribution < 1.29 is 9.53 Å². The topological polar surface area (TPSA) is 97.2 Å². The van der Waals surface area contributed by atoms with Crippen LogP contribution in [0.4, 0.5) is 5.95 Å². The summed E-state index contributed by atoms with van der Waals surface area (Å²) in [6, 6.07) is 3.68. The highest BCUT2D eigenvalue weighted by Crippen LogP contribution is 2.27. The van der Waals surface area contributed by atoms with Crippen molar-refractivity contribution in [1.29, 1.82) is 0 Å². The molecule has 1 saturated heterocycles. The summed E-state index contributed by atoms with van der Waals surface area (Å²) in [6.45, 7) is 3.67. The zero-order valence-corrected chi connectivity index (χ0v) is 15.6. The van der Waals surface area contributed by atoms with Crippen molar-refractivity contribution in [3.05, 3.63) is 35.4 Å². The summed E-state index contributed by atoms with van der Waals surface area (Å²) in [5.74, 6) is 0.184. The van der Waals surface area contributed by atoms with E-state index in [0.717, 1.165) is 17.9 Å². The van der Waals surface area contributed by atoms with E-state index in [-0.39, 0.29) is 18.1 Å². The average molecular weight is 359 g/mol. The number of ether oxygens (including phenoxy) is 1. The molecule has 0 bridgehead atoms. The molecule has 1 aliphatic heterocycles. The molecule has 1 fully saturated rings. The summed E-state index contributed by atoms with van der Waals surface area (Å²) in [6.07, 6.45) is 1.61. The Bertz CT molecular complexity index is 776. The smallest absolute Gasteiger partial charge is 0.270 e. The molecule has 140 valence electrons. The van der Waals surface area contributed by atoms with Gasteiger partial charge in [-0.1, -0.05) is 0 Å². The normalized spacial score (nSPS) is 20.8. The molecule has 9 heteroatoms. The van der Waals surface area contributed by atoms with Crippen molar-refractivity contribution in [3.8, 4) is 0 Å². The van der Waals surface area contributed by atoms with Gasteiger partial charge in [-0.2, -0.15) is 5.10 Å². The first-order valence-corrected chi connectivity index (χ1v) is 8.61. The van der Waals surface area contributed by atoms with Gasteiger partial charge in [-0.05, 0) is 26.1 Å². The highest BCUT2D eigenvalue weighted by molar-refractivity contribution is 5.92. The summed E-state index contributed by atoms with van der Waals surface area (Å²) < 4.78 is 7.80. The van der Waals surface area contributed by atoms with Gasteiger partial charge in [0.25, 0.3) is 5.91 Å². The molecule has 0 unspecified atom stereocenters. The molecule has 9 nitrogen and oxygen atoms in total. The number of hydrogen-bond acceptors (Lipinski definition) is 7. The lowest BCUT2D eigenvalue weighted by molar-refractivity contribution is -0.0629. The van der Waals surface area contributed by atoms with Crippen molar-refractivity contribution in [1.82, 2.24) is 30.0 Å². The molecule has 2 N–H and O–H groups in total. The summed E-state index contributed by atoms with van der Waals surface area (Å²) in [5.41, 5.74) is 2.13. The molecule has 0 saturated carbocycles. The predicted octanol–water partition coefficient (Wildman–Crippen LogP) is 0.362. The number of amides is 1. The summed E-state index contributed by atoms with van der Waals surface area (Å²) in [4.78, 5) is 23.2. The number of anilines is 1. The number of carbonyl (C=O) groups is 1. The minimum absolute atomic E-state index is 0.0246. The SMILES string of the molecule is CNc1nc(C)cc(C(=O)NC[C@@H]2OCCN(C)[C@H]2c2ccnn2C)n1. The van der Waals surface area contributed by atoms with Gasteiger partial charge in [0.2, 0.25) is 5.95 Å². The molecule has 0 spiro atoms. The Morgan fingerprint density at radius 2 is 2.19 bits per heavy atom. The Kier molecular flexibility index (Phi) is 5.48. The zero-order chi connectivity index (χ0) is 18.7. The van der Waals surface area contributed by atoms with Crippen LogP contribution >= 0.6 is 0 Å². The number of nitrogens with one attached hydrogen (secondary N) is 2. The molecule has 0 radical (unpaired) electrons.